The van der Waals surface area contributed by atoms with Crippen LogP contribution in [0.3, 0.4) is 0 Å². The van der Waals surface area contributed by atoms with Gasteiger partial charge in [0.15, 0.2) is 0 Å². The molecule has 0 aliphatic carbocycles. The quantitative estimate of drug-likeness (QED) is 0.778. The summed E-state index contributed by atoms with van der Waals surface area (Å²) in [5.41, 5.74) is 0. The number of rotatable bonds is 3. The molecule has 2 aliphatic heterocycles. The van der Waals surface area contributed by atoms with Crippen molar-refractivity contribution in [2.24, 2.45) is 5.92 Å². The van der Waals surface area contributed by atoms with Gasteiger partial charge >= 0.3 is 0 Å². The van der Waals surface area contributed by atoms with E-state index in [-0.39, 0.29) is 0 Å². The molecule has 2 fully saturated rings. The summed E-state index contributed by atoms with van der Waals surface area (Å²) in [6, 6.07) is 1.13. The Morgan fingerprint density at radius 2 is 1.84 bits per heavy atom. The number of likely N-dealkylation sites (tertiary alicyclic amines) is 1. The molecule has 2 saturated heterocycles. The summed E-state index contributed by atoms with van der Waals surface area (Å²) in [5, 5.41) is 0. The average molecular weight is 289 g/mol. The van der Waals surface area contributed by atoms with Crippen molar-refractivity contribution in [3.05, 3.63) is 0 Å². The minimum absolute atomic E-state index is 0.500. The minimum atomic E-state index is -3.24. The molecule has 5 nitrogen and oxygen atoms in total. The van der Waals surface area contributed by atoms with Gasteiger partial charge in [-0.3, -0.25) is 4.90 Å². The van der Waals surface area contributed by atoms with Crippen LogP contribution in [0.15, 0.2) is 0 Å². The van der Waals surface area contributed by atoms with Gasteiger partial charge in [-0.2, -0.15) is 17.0 Å². The number of nitrogens with zero attached hydrogens (tertiary/aromatic N) is 3. The lowest BCUT2D eigenvalue weighted by Gasteiger charge is -2.48. The van der Waals surface area contributed by atoms with Crippen LogP contribution in [-0.4, -0.2) is 67.7 Å². The van der Waals surface area contributed by atoms with Crippen LogP contribution in [0.5, 0.6) is 0 Å². The maximum absolute atomic E-state index is 12.2. The Morgan fingerprint density at radius 3 is 2.42 bits per heavy atom. The van der Waals surface area contributed by atoms with Gasteiger partial charge < -0.3 is 0 Å². The topological polar surface area (TPSA) is 43.9 Å². The number of hydrogen-bond donors (Lipinski definition) is 0. The zero-order valence-electron chi connectivity index (χ0n) is 12.5. The lowest BCUT2D eigenvalue weighted by Crippen LogP contribution is -2.57. The van der Waals surface area contributed by atoms with E-state index in [4.69, 9.17) is 0 Å². The predicted molar refractivity (Wildman–Crippen MR) is 77.2 cm³/mol. The van der Waals surface area contributed by atoms with Gasteiger partial charge in [-0.05, 0) is 45.6 Å². The third kappa shape index (κ3) is 2.96. The zero-order valence-corrected chi connectivity index (χ0v) is 13.4. The van der Waals surface area contributed by atoms with Crippen molar-refractivity contribution in [1.29, 1.82) is 0 Å². The Hall–Kier alpha value is -0.170. The van der Waals surface area contributed by atoms with Crippen LogP contribution in [0.25, 0.3) is 0 Å². The fourth-order valence-corrected chi connectivity index (χ4v) is 4.67. The van der Waals surface area contributed by atoms with Crippen LogP contribution in [0.2, 0.25) is 0 Å². The number of fused-ring (bicyclic) bond motifs is 1. The second-order valence-electron chi connectivity index (χ2n) is 6.24. The van der Waals surface area contributed by atoms with Crippen molar-refractivity contribution in [3.8, 4) is 0 Å². The Labute approximate surface area is 117 Å². The van der Waals surface area contributed by atoms with Crippen LogP contribution in [0.4, 0.5) is 0 Å². The highest BCUT2D eigenvalue weighted by Crippen LogP contribution is 2.32. The van der Waals surface area contributed by atoms with E-state index >= 15 is 0 Å². The molecule has 2 aliphatic rings. The summed E-state index contributed by atoms with van der Waals surface area (Å²) >= 11 is 0. The first-order chi connectivity index (χ1) is 8.84. The van der Waals surface area contributed by atoms with Crippen LogP contribution >= 0.6 is 0 Å². The largest absolute Gasteiger partial charge is 0.298 e. The summed E-state index contributed by atoms with van der Waals surface area (Å²) in [7, 11) is -0.0125. The van der Waals surface area contributed by atoms with E-state index in [1.807, 2.05) is 0 Å². The maximum atomic E-state index is 12.2. The van der Waals surface area contributed by atoms with E-state index in [1.165, 1.54) is 17.3 Å². The summed E-state index contributed by atoms with van der Waals surface area (Å²) in [4.78, 5) is 2.56. The predicted octanol–water partition coefficient (Wildman–Crippen LogP) is 0.988. The highest BCUT2D eigenvalue weighted by atomic mass is 32.2. The van der Waals surface area contributed by atoms with Crippen molar-refractivity contribution in [3.63, 3.8) is 0 Å². The highest BCUT2D eigenvalue weighted by Gasteiger charge is 2.40. The van der Waals surface area contributed by atoms with E-state index in [2.05, 4.69) is 18.7 Å². The molecule has 2 heterocycles. The molecule has 0 aromatic carbocycles. The highest BCUT2D eigenvalue weighted by molar-refractivity contribution is 7.86. The molecular weight excluding hydrogens is 262 g/mol. The molecule has 0 spiro atoms. The Kier molecular flexibility index (Phi) is 4.55. The first kappa shape index (κ1) is 15.2. The second-order valence-corrected chi connectivity index (χ2v) is 8.38. The Bertz CT molecular complexity index is 408. The smallest absolute Gasteiger partial charge is 0.281 e. The normalized spacial score (nSPS) is 30.8. The van der Waals surface area contributed by atoms with E-state index in [1.54, 1.807) is 18.4 Å². The van der Waals surface area contributed by atoms with Gasteiger partial charge in [0.25, 0.3) is 10.2 Å². The molecule has 0 saturated carbocycles. The first-order valence-electron chi connectivity index (χ1n) is 7.27. The van der Waals surface area contributed by atoms with Crippen LogP contribution < -0.4 is 0 Å². The van der Waals surface area contributed by atoms with Crippen molar-refractivity contribution in [1.82, 2.24) is 13.5 Å². The molecule has 0 bridgehead atoms. The van der Waals surface area contributed by atoms with Gasteiger partial charge in [-0.25, -0.2) is 0 Å². The SMILES string of the molecule is CC(C)N1CCC[C@@H]2CN(S(=O)(=O)N(C)C)CC[C@@H]21. The molecule has 0 N–H and O–H groups in total. The van der Waals surface area contributed by atoms with Crippen LogP contribution in [0.1, 0.15) is 33.1 Å². The molecule has 2 atom stereocenters. The second kappa shape index (κ2) is 5.68. The fraction of sp³-hybridized carbons (Fsp3) is 1.00. The van der Waals surface area contributed by atoms with Crippen molar-refractivity contribution in [2.45, 2.75) is 45.2 Å². The molecule has 0 unspecified atom stereocenters. The molecule has 0 amide bonds. The lowest BCUT2D eigenvalue weighted by molar-refractivity contribution is 0.0249. The first-order valence-corrected chi connectivity index (χ1v) is 8.67. The standard InChI is InChI=1S/C13H27N3O2S/c1-11(2)16-8-5-6-12-10-15(9-7-13(12)16)19(17,18)14(3)4/h11-13H,5-10H2,1-4H3/t12-,13+/m1/s1. The van der Waals surface area contributed by atoms with Crippen LogP contribution in [0, 0.1) is 5.92 Å². The zero-order chi connectivity index (χ0) is 14.2. The summed E-state index contributed by atoms with van der Waals surface area (Å²) in [6.45, 7) is 7.00. The molecule has 19 heavy (non-hydrogen) atoms. The van der Waals surface area contributed by atoms with Crippen LogP contribution in [-0.2, 0) is 10.2 Å². The van der Waals surface area contributed by atoms with E-state index in [0.29, 0.717) is 31.1 Å². The van der Waals surface area contributed by atoms with E-state index in [9.17, 15) is 8.42 Å². The van der Waals surface area contributed by atoms with Crippen molar-refractivity contribution < 1.29 is 8.42 Å². The summed E-state index contributed by atoms with van der Waals surface area (Å²) in [6.07, 6.45) is 3.32. The molecule has 112 valence electrons. The number of piperidine rings is 2. The molecule has 0 radical (unpaired) electrons. The Morgan fingerprint density at radius 1 is 1.16 bits per heavy atom. The van der Waals surface area contributed by atoms with Crippen molar-refractivity contribution in [2.75, 3.05) is 33.7 Å². The summed E-state index contributed by atoms with van der Waals surface area (Å²) in [5.74, 6) is 0.500. The van der Waals surface area contributed by atoms with Gasteiger partial charge in [0.1, 0.15) is 0 Å². The Balaban J connectivity index is 2.09. The fourth-order valence-electron chi connectivity index (χ4n) is 3.49. The lowest BCUT2D eigenvalue weighted by atomic mass is 9.84. The third-order valence-electron chi connectivity index (χ3n) is 4.52. The molecule has 6 heteroatoms. The number of hydrogen-bond acceptors (Lipinski definition) is 3. The van der Waals surface area contributed by atoms with Gasteiger partial charge in [0, 0.05) is 39.3 Å². The van der Waals surface area contributed by atoms with Crippen molar-refractivity contribution >= 4 is 10.2 Å². The summed E-state index contributed by atoms with van der Waals surface area (Å²) < 4.78 is 27.4. The molecule has 0 aromatic rings. The minimum Gasteiger partial charge on any atom is -0.298 e. The molecule has 2 rings (SSSR count). The van der Waals surface area contributed by atoms with Gasteiger partial charge in [0.05, 0.1) is 0 Å². The van der Waals surface area contributed by atoms with Gasteiger partial charge in [-0.1, -0.05) is 0 Å². The monoisotopic (exact) mass is 289 g/mol. The third-order valence-corrected chi connectivity index (χ3v) is 6.43. The van der Waals surface area contributed by atoms with E-state index < -0.39 is 10.2 Å². The van der Waals surface area contributed by atoms with E-state index in [0.717, 1.165) is 12.8 Å². The maximum Gasteiger partial charge on any atom is 0.281 e. The molecular formula is C13H27N3O2S. The van der Waals surface area contributed by atoms with Gasteiger partial charge in [-0.15, -0.1) is 0 Å². The molecule has 0 aromatic heterocycles. The van der Waals surface area contributed by atoms with Gasteiger partial charge in [0.2, 0.25) is 0 Å². The average Bonchev–Trinajstić information content (AvgIpc) is 2.36.